The van der Waals surface area contributed by atoms with Crippen molar-refractivity contribution < 1.29 is 4.79 Å². The number of hydrogen-bond acceptors (Lipinski definition) is 2. The van der Waals surface area contributed by atoms with Crippen molar-refractivity contribution in [1.29, 1.82) is 5.41 Å². The number of amidine groups is 1. The Bertz CT molecular complexity index is 450. The summed E-state index contributed by atoms with van der Waals surface area (Å²) in [5, 5.41) is 10.3. The van der Waals surface area contributed by atoms with Crippen molar-refractivity contribution >= 4 is 11.9 Å². The predicted molar refractivity (Wildman–Crippen MR) is 67.3 cm³/mol. The van der Waals surface area contributed by atoms with Crippen molar-refractivity contribution in [3.63, 3.8) is 0 Å². The standard InChI is InChI=1S/C13H17N3O/c1-8(2)9-4-6-10(7-5-9)11-12(14)15-13(17)16(11)3/h4-8,11H,1-3H3,(H2,14,15,17). The molecule has 4 nitrogen and oxygen atoms in total. The first kappa shape index (κ1) is 11.6. The van der Waals surface area contributed by atoms with Gasteiger partial charge in [0.25, 0.3) is 0 Å². The van der Waals surface area contributed by atoms with Crippen LogP contribution in [0.3, 0.4) is 0 Å². The second kappa shape index (κ2) is 4.20. The van der Waals surface area contributed by atoms with E-state index in [1.807, 2.05) is 12.1 Å². The van der Waals surface area contributed by atoms with Gasteiger partial charge in [0.05, 0.1) is 0 Å². The van der Waals surface area contributed by atoms with Gasteiger partial charge in [-0.1, -0.05) is 38.1 Å². The molecule has 0 bridgehead atoms. The highest BCUT2D eigenvalue weighted by Gasteiger charge is 2.33. The van der Waals surface area contributed by atoms with E-state index in [1.54, 1.807) is 11.9 Å². The van der Waals surface area contributed by atoms with E-state index in [2.05, 4.69) is 31.3 Å². The molecule has 0 aliphatic carbocycles. The van der Waals surface area contributed by atoms with Crippen molar-refractivity contribution in [2.75, 3.05) is 7.05 Å². The first-order valence-electron chi connectivity index (χ1n) is 5.73. The Labute approximate surface area is 101 Å². The van der Waals surface area contributed by atoms with E-state index in [0.29, 0.717) is 5.92 Å². The Kier molecular flexibility index (Phi) is 2.88. The molecule has 1 aromatic rings. The largest absolute Gasteiger partial charge is 0.323 e. The van der Waals surface area contributed by atoms with Gasteiger partial charge in [-0.15, -0.1) is 0 Å². The summed E-state index contributed by atoms with van der Waals surface area (Å²) >= 11 is 0. The molecule has 0 aromatic heterocycles. The fourth-order valence-electron chi connectivity index (χ4n) is 2.04. The number of nitrogens with zero attached hydrogens (tertiary/aromatic N) is 1. The van der Waals surface area contributed by atoms with Crippen LogP contribution >= 0.6 is 0 Å². The van der Waals surface area contributed by atoms with Gasteiger partial charge < -0.3 is 4.90 Å². The number of rotatable bonds is 2. The normalized spacial score (nSPS) is 20.0. The van der Waals surface area contributed by atoms with E-state index in [4.69, 9.17) is 5.41 Å². The minimum absolute atomic E-state index is 0.215. The minimum atomic E-state index is -0.274. The quantitative estimate of drug-likeness (QED) is 0.807. The maximum absolute atomic E-state index is 11.4. The molecule has 1 saturated heterocycles. The third kappa shape index (κ3) is 2.02. The fourth-order valence-corrected chi connectivity index (χ4v) is 2.04. The Morgan fingerprint density at radius 1 is 1.29 bits per heavy atom. The van der Waals surface area contributed by atoms with Gasteiger partial charge in [0.15, 0.2) is 0 Å². The number of amides is 2. The van der Waals surface area contributed by atoms with Gasteiger partial charge in [-0.3, -0.25) is 10.7 Å². The number of benzene rings is 1. The maximum Gasteiger partial charge on any atom is 0.323 e. The van der Waals surface area contributed by atoms with Gasteiger partial charge in [-0.05, 0) is 17.0 Å². The molecule has 17 heavy (non-hydrogen) atoms. The summed E-state index contributed by atoms with van der Waals surface area (Å²) < 4.78 is 0. The van der Waals surface area contributed by atoms with E-state index in [1.165, 1.54) is 5.56 Å². The summed E-state index contributed by atoms with van der Waals surface area (Å²) in [6, 6.07) is 7.61. The van der Waals surface area contributed by atoms with Crippen LogP contribution in [-0.2, 0) is 0 Å². The minimum Gasteiger partial charge on any atom is -0.313 e. The Morgan fingerprint density at radius 2 is 1.88 bits per heavy atom. The predicted octanol–water partition coefficient (Wildman–Crippen LogP) is 2.48. The fraction of sp³-hybridized carbons (Fsp3) is 0.385. The molecule has 4 heteroatoms. The van der Waals surface area contributed by atoms with Gasteiger partial charge in [-0.25, -0.2) is 4.79 Å². The highest BCUT2D eigenvalue weighted by Crippen LogP contribution is 2.25. The number of hydrogen-bond donors (Lipinski definition) is 2. The number of likely N-dealkylation sites (N-methyl/N-ethyl adjacent to an activating group) is 1. The van der Waals surface area contributed by atoms with Gasteiger partial charge in [0.1, 0.15) is 11.9 Å². The van der Waals surface area contributed by atoms with E-state index < -0.39 is 0 Å². The molecule has 2 amide bonds. The van der Waals surface area contributed by atoms with Crippen molar-refractivity contribution in [3.8, 4) is 0 Å². The van der Waals surface area contributed by atoms with Gasteiger partial charge in [-0.2, -0.15) is 0 Å². The number of carbonyl (C=O) groups excluding carboxylic acids is 1. The summed E-state index contributed by atoms with van der Waals surface area (Å²) in [6.07, 6.45) is 0. The molecule has 0 spiro atoms. The van der Waals surface area contributed by atoms with E-state index in [-0.39, 0.29) is 17.9 Å². The smallest absolute Gasteiger partial charge is 0.313 e. The second-order valence-electron chi connectivity index (χ2n) is 4.68. The van der Waals surface area contributed by atoms with E-state index in [0.717, 1.165) is 5.56 Å². The molecule has 1 heterocycles. The van der Waals surface area contributed by atoms with Crippen molar-refractivity contribution in [2.45, 2.75) is 25.8 Å². The third-order valence-electron chi connectivity index (χ3n) is 3.14. The molecular formula is C13H17N3O. The highest BCUT2D eigenvalue weighted by molar-refractivity contribution is 6.05. The third-order valence-corrected chi connectivity index (χ3v) is 3.14. The number of carbonyl (C=O) groups is 1. The lowest BCUT2D eigenvalue weighted by Gasteiger charge is -2.18. The number of urea groups is 1. The van der Waals surface area contributed by atoms with Crippen molar-refractivity contribution in [1.82, 2.24) is 10.2 Å². The van der Waals surface area contributed by atoms with Crippen LogP contribution in [0.2, 0.25) is 0 Å². The SMILES string of the molecule is CC(C)c1ccc(C2C(=N)NC(=O)N2C)cc1. The molecule has 2 N–H and O–H groups in total. The topological polar surface area (TPSA) is 56.2 Å². The second-order valence-corrected chi connectivity index (χ2v) is 4.68. The molecule has 0 saturated carbocycles. The van der Waals surface area contributed by atoms with Gasteiger partial charge >= 0.3 is 6.03 Å². The average molecular weight is 231 g/mol. The van der Waals surface area contributed by atoms with Crippen LogP contribution in [0.4, 0.5) is 4.79 Å². The van der Waals surface area contributed by atoms with E-state index in [9.17, 15) is 4.79 Å². The molecule has 1 aromatic carbocycles. The first-order valence-corrected chi connectivity index (χ1v) is 5.73. The Balaban J connectivity index is 2.28. The molecule has 1 fully saturated rings. The van der Waals surface area contributed by atoms with Crippen LogP contribution in [-0.4, -0.2) is 23.8 Å². The maximum atomic E-state index is 11.4. The lowest BCUT2D eigenvalue weighted by Crippen LogP contribution is -2.25. The Hall–Kier alpha value is -1.84. The van der Waals surface area contributed by atoms with Crippen LogP contribution in [0.1, 0.15) is 36.9 Å². The first-order chi connectivity index (χ1) is 8.00. The van der Waals surface area contributed by atoms with Crippen LogP contribution in [0.15, 0.2) is 24.3 Å². The van der Waals surface area contributed by atoms with E-state index >= 15 is 0 Å². The summed E-state index contributed by atoms with van der Waals surface area (Å²) in [5.74, 6) is 0.736. The molecule has 2 rings (SSSR count). The summed E-state index contributed by atoms with van der Waals surface area (Å²) in [6.45, 7) is 4.29. The lowest BCUT2D eigenvalue weighted by molar-refractivity contribution is 0.217. The monoisotopic (exact) mass is 231 g/mol. The van der Waals surface area contributed by atoms with Gasteiger partial charge in [0.2, 0.25) is 0 Å². The molecule has 0 radical (unpaired) electrons. The van der Waals surface area contributed by atoms with Crippen LogP contribution in [0.25, 0.3) is 0 Å². The van der Waals surface area contributed by atoms with Crippen LogP contribution in [0, 0.1) is 5.41 Å². The zero-order valence-corrected chi connectivity index (χ0v) is 10.3. The molecule has 1 unspecified atom stereocenters. The van der Waals surface area contributed by atoms with Crippen LogP contribution < -0.4 is 5.32 Å². The molecule has 1 aliphatic rings. The summed E-state index contributed by atoms with van der Waals surface area (Å²) in [7, 11) is 1.71. The zero-order chi connectivity index (χ0) is 12.6. The summed E-state index contributed by atoms with van der Waals surface area (Å²) in [5.41, 5.74) is 2.24. The lowest BCUT2D eigenvalue weighted by atomic mass is 9.98. The zero-order valence-electron chi connectivity index (χ0n) is 10.3. The molecule has 1 atom stereocenters. The molecule has 90 valence electrons. The molecular weight excluding hydrogens is 214 g/mol. The van der Waals surface area contributed by atoms with Crippen molar-refractivity contribution in [3.05, 3.63) is 35.4 Å². The number of nitrogens with one attached hydrogen (secondary N) is 2. The Morgan fingerprint density at radius 3 is 2.29 bits per heavy atom. The summed E-state index contributed by atoms with van der Waals surface area (Å²) in [4.78, 5) is 13.0. The highest BCUT2D eigenvalue weighted by atomic mass is 16.2. The van der Waals surface area contributed by atoms with Crippen molar-refractivity contribution in [2.24, 2.45) is 0 Å². The van der Waals surface area contributed by atoms with Gasteiger partial charge in [0, 0.05) is 7.05 Å². The van der Waals surface area contributed by atoms with Crippen LogP contribution in [0.5, 0.6) is 0 Å². The average Bonchev–Trinajstić information content (AvgIpc) is 2.53. The molecule has 1 aliphatic heterocycles.